The third-order valence-electron chi connectivity index (χ3n) is 1.56. The van der Waals surface area contributed by atoms with Gasteiger partial charge in [0, 0.05) is 6.54 Å². The Morgan fingerprint density at radius 2 is 2.55 bits per heavy atom. The molecule has 11 heavy (non-hydrogen) atoms. The second-order valence-electron chi connectivity index (χ2n) is 2.26. The topological polar surface area (TPSA) is 52.9 Å². The van der Waals surface area contributed by atoms with Crippen LogP contribution in [0.4, 0.5) is 0 Å². The van der Waals surface area contributed by atoms with E-state index in [1.165, 1.54) is 11.3 Å². The van der Waals surface area contributed by atoms with E-state index in [9.17, 15) is 4.79 Å². The summed E-state index contributed by atoms with van der Waals surface area (Å²) in [6, 6.07) is 3.78. The van der Waals surface area contributed by atoms with Crippen molar-refractivity contribution in [3.63, 3.8) is 0 Å². The molecule has 0 saturated carbocycles. The normalized spacial score (nSPS) is 13.9. The van der Waals surface area contributed by atoms with Gasteiger partial charge in [0.25, 0.3) is 5.91 Å². The number of nitriles is 1. The number of hydrogen-bond acceptors (Lipinski definition) is 3. The van der Waals surface area contributed by atoms with Crippen molar-refractivity contribution in [3.8, 4) is 6.07 Å². The van der Waals surface area contributed by atoms with E-state index in [-0.39, 0.29) is 5.91 Å². The van der Waals surface area contributed by atoms with Crippen molar-refractivity contribution >= 4 is 17.2 Å². The molecule has 1 amide bonds. The van der Waals surface area contributed by atoms with E-state index in [2.05, 4.69) is 5.32 Å². The van der Waals surface area contributed by atoms with Crippen LogP contribution in [0.25, 0.3) is 0 Å². The molecule has 0 atom stereocenters. The molecule has 4 heteroatoms. The van der Waals surface area contributed by atoms with E-state index < -0.39 is 0 Å². The van der Waals surface area contributed by atoms with Crippen molar-refractivity contribution in [1.82, 2.24) is 5.32 Å². The lowest BCUT2D eigenvalue weighted by Crippen LogP contribution is -2.12. The number of hydrogen-bond donors (Lipinski definition) is 1. The highest BCUT2D eigenvalue weighted by Gasteiger charge is 2.21. The fourth-order valence-electron chi connectivity index (χ4n) is 1.06. The molecule has 1 N–H and O–H groups in total. The summed E-state index contributed by atoms with van der Waals surface area (Å²) < 4.78 is 0. The third kappa shape index (κ3) is 0.819. The first-order valence-electron chi connectivity index (χ1n) is 3.12. The molecule has 1 aromatic heterocycles. The van der Waals surface area contributed by atoms with Gasteiger partial charge in [0.05, 0.1) is 4.88 Å². The van der Waals surface area contributed by atoms with Crippen LogP contribution in [0.3, 0.4) is 0 Å². The summed E-state index contributed by atoms with van der Waals surface area (Å²) in [4.78, 5) is 12.3. The molecular weight excluding hydrogens is 160 g/mol. The summed E-state index contributed by atoms with van der Waals surface area (Å²) >= 11 is 1.26. The quantitative estimate of drug-likeness (QED) is 0.618. The van der Waals surface area contributed by atoms with Gasteiger partial charge < -0.3 is 5.32 Å². The summed E-state index contributed by atoms with van der Waals surface area (Å²) in [5.74, 6) is -0.0495. The molecule has 2 rings (SSSR count). The minimum absolute atomic E-state index is 0.0495. The van der Waals surface area contributed by atoms with E-state index >= 15 is 0 Å². The molecule has 1 aliphatic rings. The van der Waals surface area contributed by atoms with Crippen molar-refractivity contribution in [2.24, 2.45) is 0 Å². The second-order valence-corrected chi connectivity index (χ2v) is 3.31. The average Bonchev–Trinajstić information content (AvgIpc) is 2.53. The maximum absolute atomic E-state index is 11.0. The number of carbonyl (C=O) groups is 1. The Bertz CT molecular complexity index is 361. The lowest BCUT2D eigenvalue weighted by atomic mass is 10.3. The Morgan fingerprint density at radius 1 is 1.73 bits per heavy atom. The van der Waals surface area contributed by atoms with Crippen molar-refractivity contribution < 1.29 is 4.79 Å². The maximum Gasteiger partial charge on any atom is 0.262 e. The molecule has 0 fully saturated rings. The number of fused-ring (bicyclic) bond motifs is 1. The number of carbonyl (C=O) groups excluding carboxylic acids is 1. The SMILES string of the molecule is N#Cc1cc2c(s1)C(=O)NC2. The monoisotopic (exact) mass is 164 g/mol. The number of rotatable bonds is 0. The molecule has 2 heterocycles. The lowest BCUT2D eigenvalue weighted by Gasteiger charge is -1.85. The summed E-state index contributed by atoms with van der Waals surface area (Å²) in [5, 5.41) is 11.2. The van der Waals surface area contributed by atoms with Gasteiger partial charge in [-0.1, -0.05) is 0 Å². The van der Waals surface area contributed by atoms with Gasteiger partial charge in [-0.25, -0.2) is 0 Å². The zero-order valence-corrected chi connectivity index (χ0v) is 6.36. The average molecular weight is 164 g/mol. The summed E-state index contributed by atoms with van der Waals surface area (Å²) in [6.07, 6.45) is 0. The van der Waals surface area contributed by atoms with Crippen LogP contribution in [0.5, 0.6) is 0 Å². The van der Waals surface area contributed by atoms with Crippen molar-refractivity contribution in [2.45, 2.75) is 6.54 Å². The molecule has 0 radical (unpaired) electrons. The van der Waals surface area contributed by atoms with Crippen LogP contribution >= 0.6 is 11.3 Å². The van der Waals surface area contributed by atoms with Gasteiger partial charge in [-0.15, -0.1) is 11.3 Å². The van der Waals surface area contributed by atoms with Crippen LogP contribution in [0, 0.1) is 11.3 Å². The second kappa shape index (κ2) is 2.07. The molecule has 3 nitrogen and oxygen atoms in total. The Labute approximate surface area is 67.3 Å². The molecule has 0 unspecified atom stereocenters. The molecule has 0 spiro atoms. The summed E-state index contributed by atoms with van der Waals surface area (Å²) in [5.41, 5.74) is 0.955. The van der Waals surface area contributed by atoms with Gasteiger partial charge in [-0.2, -0.15) is 5.26 Å². The summed E-state index contributed by atoms with van der Waals surface area (Å²) in [6.45, 7) is 0.576. The standard InChI is InChI=1S/C7H4N2OS/c8-2-5-1-4-3-9-7(10)6(4)11-5/h1H,3H2,(H,9,10). The first-order valence-corrected chi connectivity index (χ1v) is 3.94. The molecule has 1 aromatic rings. The number of nitrogens with zero attached hydrogens (tertiary/aromatic N) is 1. The van der Waals surface area contributed by atoms with E-state index in [0.29, 0.717) is 16.3 Å². The highest BCUT2D eigenvalue weighted by molar-refractivity contribution is 7.14. The molecular formula is C7H4N2OS. The molecule has 0 saturated heterocycles. The third-order valence-corrected chi connectivity index (χ3v) is 2.65. The van der Waals surface area contributed by atoms with E-state index in [1.54, 1.807) is 6.07 Å². The van der Waals surface area contributed by atoms with Crippen LogP contribution in [-0.4, -0.2) is 5.91 Å². The maximum atomic E-state index is 11.0. The minimum atomic E-state index is -0.0495. The number of thiophene rings is 1. The van der Waals surface area contributed by atoms with Crippen molar-refractivity contribution in [3.05, 3.63) is 21.4 Å². The van der Waals surface area contributed by atoms with Crippen LogP contribution in [0.15, 0.2) is 6.07 Å². The van der Waals surface area contributed by atoms with E-state index in [0.717, 1.165) is 5.56 Å². The van der Waals surface area contributed by atoms with E-state index in [1.807, 2.05) is 6.07 Å². The van der Waals surface area contributed by atoms with Crippen LogP contribution < -0.4 is 5.32 Å². The fraction of sp³-hybridized carbons (Fsp3) is 0.143. The Hall–Kier alpha value is -1.34. The predicted octanol–water partition coefficient (Wildman–Crippen LogP) is 0.863. The zero-order chi connectivity index (χ0) is 7.84. The van der Waals surface area contributed by atoms with E-state index in [4.69, 9.17) is 5.26 Å². The molecule has 0 aliphatic carbocycles. The van der Waals surface area contributed by atoms with Crippen LogP contribution in [0.2, 0.25) is 0 Å². The highest BCUT2D eigenvalue weighted by Crippen LogP contribution is 2.25. The van der Waals surface area contributed by atoms with Gasteiger partial charge in [-0.3, -0.25) is 4.79 Å². The van der Waals surface area contributed by atoms with Gasteiger partial charge in [-0.05, 0) is 11.6 Å². The Kier molecular flexibility index (Phi) is 1.20. The zero-order valence-electron chi connectivity index (χ0n) is 5.55. The van der Waals surface area contributed by atoms with Crippen molar-refractivity contribution in [1.29, 1.82) is 5.26 Å². The Balaban J connectivity index is 2.56. The van der Waals surface area contributed by atoms with Crippen LogP contribution in [0.1, 0.15) is 20.1 Å². The van der Waals surface area contributed by atoms with Crippen LogP contribution in [-0.2, 0) is 6.54 Å². The molecule has 1 aliphatic heterocycles. The highest BCUT2D eigenvalue weighted by atomic mass is 32.1. The number of nitrogens with one attached hydrogen (secondary N) is 1. The first kappa shape index (κ1) is 6.38. The fourth-order valence-corrected chi connectivity index (χ4v) is 1.96. The van der Waals surface area contributed by atoms with Gasteiger partial charge >= 0.3 is 0 Å². The molecule has 0 aromatic carbocycles. The molecule has 54 valence electrons. The van der Waals surface area contributed by atoms with Crippen molar-refractivity contribution in [2.75, 3.05) is 0 Å². The largest absolute Gasteiger partial charge is 0.347 e. The lowest BCUT2D eigenvalue weighted by molar-refractivity contribution is 0.0969. The van der Waals surface area contributed by atoms with Gasteiger partial charge in [0.2, 0.25) is 0 Å². The minimum Gasteiger partial charge on any atom is -0.347 e. The smallest absolute Gasteiger partial charge is 0.262 e. The molecule has 0 bridgehead atoms. The first-order chi connectivity index (χ1) is 5.31. The van der Waals surface area contributed by atoms with Gasteiger partial charge in [0.1, 0.15) is 10.9 Å². The summed E-state index contributed by atoms with van der Waals surface area (Å²) in [7, 11) is 0. The predicted molar refractivity (Wildman–Crippen MR) is 40.2 cm³/mol. The van der Waals surface area contributed by atoms with Gasteiger partial charge in [0.15, 0.2) is 0 Å². The Morgan fingerprint density at radius 3 is 3.18 bits per heavy atom. The number of amides is 1.